The molecule has 0 saturated heterocycles. The van der Waals surface area contributed by atoms with Gasteiger partial charge in [-0.15, -0.1) is 0 Å². The van der Waals surface area contributed by atoms with E-state index in [1.807, 2.05) is 20.8 Å². The number of carbonyl (C=O) groups excluding carboxylic acids is 2. The number of hydrogen-bond acceptors (Lipinski definition) is 3. The highest BCUT2D eigenvalue weighted by Gasteiger charge is 2.21. The molecule has 0 aliphatic carbocycles. The second-order valence-electron chi connectivity index (χ2n) is 5.83. The number of benzene rings is 1. The van der Waals surface area contributed by atoms with Gasteiger partial charge in [-0.25, -0.2) is 9.18 Å². The van der Waals surface area contributed by atoms with Crippen molar-refractivity contribution < 1.29 is 18.7 Å². The highest BCUT2D eigenvalue weighted by Crippen LogP contribution is 2.16. The van der Waals surface area contributed by atoms with Crippen LogP contribution in [0.1, 0.15) is 33.3 Å². The molecule has 120 valence electrons. The van der Waals surface area contributed by atoms with Crippen molar-refractivity contribution in [3.05, 3.63) is 40.7 Å². The zero-order chi connectivity index (χ0) is 16.9. The van der Waals surface area contributed by atoms with Gasteiger partial charge in [0.15, 0.2) is 6.10 Å². The molecule has 0 unspecified atom stereocenters. The first-order valence-corrected chi connectivity index (χ1v) is 7.12. The van der Waals surface area contributed by atoms with E-state index in [-0.39, 0.29) is 10.9 Å². The molecule has 0 bridgehead atoms. The van der Waals surface area contributed by atoms with Crippen LogP contribution < -0.4 is 5.32 Å². The maximum atomic E-state index is 13.0. The largest absolute Gasteiger partial charge is 0.449 e. The summed E-state index contributed by atoms with van der Waals surface area (Å²) in [6, 6.07) is 4.06. The van der Waals surface area contributed by atoms with Gasteiger partial charge >= 0.3 is 5.97 Å². The number of hydrogen-bond donors (Lipinski definition) is 1. The van der Waals surface area contributed by atoms with Crippen molar-refractivity contribution in [2.45, 2.75) is 39.3 Å². The number of carbonyl (C=O) groups is 2. The summed E-state index contributed by atoms with van der Waals surface area (Å²) in [5.41, 5.74) is 0.147. The van der Waals surface area contributed by atoms with E-state index in [2.05, 4.69) is 5.32 Å². The Kier molecular flexibility index (Phi) is 6.11. The van der Waals surface area contributed by atoms with E-state index in [1.165, 1.54) is 31.2 Å². The standard InChI is InChI=1S/C16H19ClFNO3/c1-10(15(21)19-16(2,3)4)22-14(20)8-6-11-5-7-13(18)12(17)9-11/h5-10H,1-4H3,(H,19,21)/b8-6+/t10-/m1/s1. The molecule has 22 heavy (non-hydrogen) atoms. The molecule has 0 spiro atoms. The molecule has 0 radical (unpaired) electrons. The van der Waals surface area contributed by atoms with Crippen LogP contribution in [-0.4, -0.2) is 23.5 Å². The van der Waals surface area contributed by atoms with E-state index in [0.29, 0.717) is 5.56 Å². The van der Waals surface area contributed by atoms with E-state index in [1.54, 1.807) is 0 Å². The quantitative estimate of drug-likeness (QED) is 0.681. The predicted octanol–water partition coefficient (Wildman–Crippen LogP) is 3.34. The van der Waals surface area contributed by atoms with E-state index >= 15 is 0 Å². The fraction of sp³-hybridized carbons (Fsp3) is 0.375. The molecule has 0 saturated carbocycles. The van der Waals surface area contributed by atoms with Crippen molar-refractivity contribution >= 4 is 29.6 Å². The van der Waals surface area contributed by atoms with Crippen molar-refractivity contribution in [3.63, 3.8) is 0 Å². The van der Waals surface area contributed by atoms with Gasteiger partial charge in [-0.2, -0.15) is 0 Å². The molecule has 1 rings (SSSR count). The number of ether oxygens (including phenoxy) is 1. The van der Waals surface area contributed by atoms with E-state index < -0.39 is 23.4 Å². The van der Waals surface area contributed by atoms with Crippen LogP contribution in [0.5, 0.6) is 0 Å². The van der Waals surface area contributed by atoms with Crippen molar-refractivity contribution in [1.29, 1.82) is 0 Å². The molecule has 4 nitrogen and oxygen atoms in total. The summed E-state index contributed by atoms with van der Waals surface area (Å²) in [5.74, 6) is -1.58. The molecular weight excluding hydrogens is 309 g/mol. The Labute approximate surface area is 134 Å². The zero-order valence-corrected chi connectivity index (χ0v) is 13.7. The third-order valence-electron chi connectivity index (χ3n) is 2.52. The minimum atomic E-state index is -0.909. The average Bonchev–Trinajstić information content (AvgIpc) is 2.38. The van der Waals surface area contributed by atoms with Gasteiger partial charge in [0.2, 0.25) is 0 Å². The van der Waals surface area contributed by atoms with Crippen LogP contribution in [-0.2, 0) is 14.3 Å². The first-order chi connectivity index (χ1) is 10.1. The Morgan fingerprint density at radius 2 is 2.00 bits per heavy atom. The molecule has 6 heteroatoms. The maximum absolute atomic E-state index is 13.0. The van der Waals surface area contributed by atoms with Crippen LogP contribution >= 0.6 is 11.6 Å². The zero-order valence-electron chi connectivity index (χ0n) is 12.9. The lowest BCUT2D eigenvalue weighted by molar-refractivity contribution is -0.150. The lowest BCUT2D eigenvalue weighted by Gasteiger charge is -2.22. The number of esters is 1. The summed E-state index contributed by atoms with van der Waals surface area (Å²) >= 11 is 5.64. The molecule has 1 aromatic carbocycles. The van der Waals surface area contributed by atoms with Gasteiger partial charge < -0.3 is 10.1 Å². The first kappa shape index (κ1) is 18.2. The van der Waals surface area contributed by atoms with Gasteiger partial charge in [-0.1, -0.05) is 17.7 Å². The Morgan fingerprint density at radius 1 is 1.36 bits per heavy atom. The summed E-state index contributed by atoms with van der Waals surface area (Å²) in [4.78, 5) is 23.4. The summed E-state index contributed by atoms with van der Waals surface area (Å²) < 4.78 is 18.0. The Hall–Kier alpha value is -1.88. The Bertz CT molecular complexity index is 594. The second kappa shape index (κ2) is 7.40. The SMILES string of the molecule is C[C@@H](OC(=O)/C=C/c1ccc(F)c(Cl)c1)C(=O)NC(C)(C)C. The highest BCUT2D eigenvalue weighted by atomic mass is 35.5. The Balaban J connectivity index is 2.60. The van der Waals surface area contributed by atoms with Crippen molar-refractivity contribution in [1.82, 2.24) is 5.32 Å². The van der Waals surface area contributed by atoms with Crippen LogP contribution in [0.3, 0.4) is 0 Å². The van der Waals surface area contributed by atoms with Gasteiger partial charge in [0, 0.05) is 11.6 Å². The molecule has 1 atom stereocenters. The monoisotopic (exact) mass is 327 g/mol. The highest BCUT2D eigenvalue weighted by molar-refractivity contribution is 6.30. The average molecular weight is 328 g/mol. The number of rotatable bonds is 4. The van der Waals surface area contributed by atoms with Crippen LogP contribution in [0.25, 0.3) is 6.08 Å². The van der Waals surface area contributed by atoms with Crippen molar-refractivity contribution in [2.24, 2.45) is 0 Å². The van der Waals surface area contributed by atoms with E-state index in [9.17, 15) is 14.0 Å². The minimum Gasteiger partial charge on any atom is -0.449 e. The topological polar surface area (TPSA) is 55.4 Å². The third kappa shape index (κ3) is 6.26. The fourth-order valence-corrected chi connectivity index (χ4v) is 1.71. The Morgan fingerprint density at radius 3 is 2.55 bits per heavy atom. The molecule has 0 heterocycles. The van der Waals surface area contributed by atoms with Gasteiger partial charge in [-0.05, 0) is 51.5 Å². The molecule has 1 amide bonds. The van der Waals surface area contributed by atoms with E-state index in [0.717, 1.165) is 6.08 Å². The summed E-state index contributed by atoms with van der Waals surface area (Å²) in [7, 11) is 0. The number of amides is 1. The van der Waals surface area contributed by atoms with Crippen LogP contribution in [0.4, 0.5) is 4.39 Å². The van der Waals surface area contributed by atoms with Gasteiger partial charge in [-0.3, -0.25) is 4.79 Å². The molecule has 0 aromatic heterocycles. The molecular formula is C16H19ClFNO3. The molecule has 0 aliphatic rings. The van der Waals surface area contributed by atoms with Crippen molar-refractivity contribution in [3.8, 4) is 0 Å². The molecule has 0 aliphatic heterocycles. The van der Waals surface area contributed by atoms with Crippen LogP contribution in [0.15, 0.2) is 24.3 Å². The lowest BCUT2D eigenvalue weighted by atomic mass is 10.1. The summed E-state index contributed by atoms with van der Waals surface area (Å²) in [6.45, 7) is 6.98. The lowest BCUT2D eigenvalue weighted by Crippen LogP contribution is -2.46. The summed E-state index contributed by atoms with van der Waals surface area (Å²) in [5, 5.41) is 2.68. The van der Waals surface area contributed by atoms with Gasteiger partial charge in [0.05, 0.1) is 5.02 Å². The van der Waals surface area contributed by atoms with Crippen LogP contribution in [0.2, 0.25) is 5.02 Å². The molecule has 1 aromatic rings. The van der Waals surface area contributed by atoms with E-state index in [4.69, 9.17) is 16.3 Å². The van der Waals surface area contributed by atoms with Crippen molar-refractivity contribution in [2.75, 3.05) is 0 Å². The first-order valence-electron chi connectivity index (χ1n) is 6.74. The van der Waals surface area contributed by atoms with Crippen LogP contribution in [0, 0.1) is 5.82 Å². The summed E-state index contributed by atoms with van der Waals surface area (Å²) in [6.07, 6.45) is 1.68. The molecule has 0 fully saturated rings. The molecule has 1 N–H and O–H groups in total. The second-order valence-corrected chi connectivity index (χ2v) is 6.23. The predicted molar refractivity (Wildman–Crippen MR) is 83.9 cm³/mol. The van der Waals surface area contributed by atoms with Gasteiger partial charge in [0.1, 0.15) is 5.82 Å². The smallest absolute Gasteiger partial charge is 0.331 e. The number of halogens is 2. The minimum absolute atomic E-state index is 0.0339. The van der Waals surface area contributed by atoms with Gasteiger partial charge in [0.25, 0.3) is 5.91 Å². The normalized spacial score (nSPS) is 13.0. The maximum Gasteiger partial charge on any atom is 0.331 e. The third-order valence-corrected chi connectivity index (χ3v) is 2.81. The fourth-order valence-electron chi connectivity index (χ4n) is 1.52. The number of nitrogens with one attached hydrogen (secondary N) is 1.